The number of halogens is 1. The van der Waals surface area contributed by atoms with Crippen LogP contribution in [0.4, 0.5) is 15.8 Å². The Hall–Kier alpha value is -2.21. The van der Waals surface area contributed by atoms with Gasteiger partial charge in [-0.15, -0.1) is 0 Å². The molecule has 0 aromatic heterocycles. The second-order valence-electron chi connectivity index (χ2n) is 4.14. The number of hydrogen-bond acceptors (Lipinski definition) is 5. The molecule has 0 bridgehead atoms. The second kappa shape index (κ2) is 5.19. The summed E-state index contributed by atoms with van der Waals surface area (Å²) >= 11 is 0. The predicted octanol–water partition coefficient (Wildman–Crippen LogP) is 0.534. The maximum atomic E-state index is 13.6. The van der Waals surface area contributed by atoms with Crippen LogP contribution < -0.4 is 27.2 Å². The number of benzene rings is 1. The van der Waals surface area contributed by atoms with Crippen molar-refractivity contribution in [1.29, 1.82) is 0 Å². The van der Waals surface area contributed by atoms with Crippen molar-refractivity contribution in [2.75, 3.05) is 17.7 Å². The van der Waals surface area contributed by atoms with Crippen molar-refractivity contribution in [3.8, 4) is 0 Å². The molecule has 0 radical (unpaired) electrons. The molecule has 6 heteroatoms. The second-order valence-corrected chi connectivity index (χ2v) is 4.14. The van der Waals surface area contributed by atoms with Crippen LogP contribution >= 0.6 is 0 Å². The van der Waals surface area contributed by atoms with Gasteiger partial charge in [-0.2, -0.15) is 0 Å². The van der Waals surface area contributed by atoms with Crippen molar-refractivity contribution in [3.05, 3.63) is 55.6 Å². The van der Waals surface area contributed by atoms with Gasteiger partial charge in [0, 0.05) is 25.7 Å². The van der Waals surface area contributed by atoms with Crippen LogP contribution in [-0.2, 0) is 13.1 Å². The van der Waals surface area contributed by atoms with E-state index in [0.717, 1.165) is 5.56 Å². The summed E-state index contributed by atoms with van der Waals surface area (Å²) in [6.45, 7) is 0.439. The minimum absolute atomic E-state index is 0.124. The van der Waals surface area contributed by atoms with Gasteiger partial charge in [0.15, 0.2) is 0 Å². The fourth-order valence-electron chi connectivity index (χ4n) is 1.87. The zero-order chi connectivity index (χ0) is 14.0. The highest BCUT2D eigenvalue weighted by Crippen LogP contribution is 2.16. The van der Waals surface area contributed by atoms with E-state index in [-0.39, 0.29) is 23.7 Å². The first kappa shape index (κ1) is 13.2. The lowest BCUT2D eigenvalue weighted by Crippen LogP contribution is -2.36. The lowest BCUT2D eigenvalue weighted by molar-refractivity contribution is 0.612. The molecule has 19 heavy (non-hydrogen) atoms. The summed E-state index contributed by atoms with van der Waals surface area (Å²) in [5.41, 5.74) is 5.99. The van der Waals surface area contributed by atoms with Crippen LogP contribution in [0, 0.1) is 5.82 Å². The van der Waals surface area contributed by atoms with Crippen LogP contribution in [0.1, 0.15) is 11.1 Å². The standard InChI is InChI=1S/C13H14FN3O2/c1-16-10-11(13(19)12(10)18)17-6-8-4-7(5-15)2-3-9(8)14/h2-4,16-17H,5-6,15H2,1H3. The monoisotopic (exact) mass is 263 g/mol. The first-order chi connectivity index (χ1) is 9.08. The summed E-state index contributed by atoms with van der Waals surface area (Å²) in [4.78, 5) is 22.5. The molecular weight excluding hydrogens is 249 g/mol. The molecule has 0 aliphatic rings. The van der Waals surface area contributed by atoms with E-state index in [2.05, 4.69) is 10.6 Å². The number of rotatable bonds is 5. The zero-order valence-electron chi connectivity index (χ0n) is 10.4. The highest BCUT2D eigenvalue weighted by Gasteiger charge is 2.19. The molecule has 0 saturated heterocycles. The maximum Gasteiger partial charge on any atom is 0.253 e. The molecule has 0 saturated carbocycles. The van der Waals surface area contributed by atoms with Crippen molar-refractivity contribution in [1.82, 2.24) is 0 Å². The normalized spacial score (nSPS) is 10.7. The predicted molar refractivity (Wildman–Crippen MR) is 72.5 cm³/mol. The van der Waals surface area contributed by atoms with Gasteiger partial charge in [0.2, 0.25) is 0 Å². The maximum absolute atomic E-state index is 13.6. The van der Waals surface area contributed by atoms with Crippen molar-refractivity contribution >= 4 is 11.4 Å². The van der Waals surface area contributed by atoms with Gasteiger partial charge in [-0.25, -0.2) is 4.39 Å². The average molecular weight is 263 g/mol. The summed E-state index contributed by atoms with van der Waals surface area (Å²) < 4.78 is 13.6. The first-order valence-corrected chi connectivity index (χ1v) is 5.80. The first-order valence-electron chi connectivity index (χ1n) is 5.80. The Morgan fingerprint density at radius 3 is 2.53 bits per heavy atom. The summed E-state index contributed by atoms with van der Waals surface area (Å²) in [7, 11) is 1.55. The molecule has 0 aliphatic carbocycles. The quantitative estimate of drug-likeness (QED) is 0.685. The molecule has 100 valence electrons. The molecule has 2 rings (SSSR count). The number of hydrogen-bond donors (Lipinski definition) is 3. The molecule has 0 fully saturated rings. The molecule has 2 aromatic rings. The van der Waals surface area contributed by atoms with Crippen LogP contribution in [0.25, 0.3) is 0 Å². The number of anilines is 2. The van der Waals surface area contributed by atoms with Crippen LogP contribution in [-0.4, -0.2) is 7.05 Å². The number of nitrogens with two attached hydrogens (primary N) is 1. The molecule has 0 spiro atoms. The van der Waals surface area contributed by atoms with Crippen molar-refractivity contribution in [3.63, 3.8) is 0 Å². The topological polar surface area (TPSA) is 84.2 Å². The van der Waals surface area contributed by atoms with E-state index in [1.165, 1.54) is 6.07 Å². The van der Waals surface area contributed by atoms with Crippen LogP contribution in [0.15, 0.2) is 27.8 Å². The van der Waals surface area contributed by atoms with Crippen molar-refractivity contribution in [2.24, 2.45) is 5.73 Å². The minimum Gasteiger partial charge on any atom is -0.383 e. The summed E-state index contributed by atoms with van der Waals surface area (Å²) in [6.07, 6.45) is 0. The van der Waals surface area contributed by atoms with E-state index in [1.807, 2.05) is 0 Å². The van der Waals surface area contributed by atoms with Gasteiger partial charge in [-0.05, 0) is 17.7 Å². The fourth-order valence-corrected chi connectivity index (χ4v) is 1.87. The molecule has 0 heterocycles. The van der Waals surface area contributed by atoms with Gasteiger partial charge in [0.05, 0.1) is 0 Å². The SMILES string of the molecule is CNc1c(NCc2cc(CN)ccc2F)c(=O)c1=O. The Balaban J connectivity index is 2.17. The highest BCUT2D eigenvalue weighted by molar-refractivity contribution is 5.73. The van der Waals surface area contributed by atoms with E-state index in [4.69, 9.17) is 5.73 Å². The van der Waals surface area contributed by atoms with Crippen molar-refractivity contribution < 1.29 is 4.39 Å². The molecule has 0 unspecified atom stereocenters. The molecule has 0 aliphatic heterocycles. The molecule has 2 aromatic carbocycles. The van der Waals surface area contributed by atoms with E-state index >= 15 is 0 Å². The lowest BCUT2D eigenvalue weighted by atomic mass is 10.1. The summed E-state index contributed by atoms with van der Waals surface area (Å²) in [5, 5.41) is 5.41. The van der Waals surface area contributed by atoms with E-state index in [1.54, 1.807) is 19.2 Å². The van der Waals surface area contributed by atoms with Gasteiger partial charge in [-0.1, -0.05) is 6.07 Å². The van der Waals surface area contributed by atoms with E-state index in [9.17, 15) is 14.0 Å². The Morgan fingerprint density at radius 1 is 1.21 bits per heavy atom. The molecule has 0 amide bonds. The van der Waals surface area contributed by atoms with Gasteiger partial charge < -0.3 is 16.4 Å². The fraction of sp³-hybridized carbons (Fsp3) is 0.231. The highest BCUT2D eigenvalue weighted by atomic mass is 19.1. The van der Waals surface area contributed by atoms with Gasteiger partial charge in [0.1, 0.15) is 17.2 Å². The van der Waals surface area contributed by atoms with Crippen molar-refractivity contribution in [2.45, 2.75) is 13.1 Å². The smallest absolute Gasteiger partial charge is 0.253 e. The third-order valence-electron chi connectivity index (χ3n) is 2.96. The van der Waals surface area contributed by atoms with Crippen LogP contribution in [0.5, 0.6) is 0 Å². The van der Waals surface area contributed by atoms with Gasteiger partial charge in [-0.3, -0.25) is 9.59 Å². The van der Waals surface area contributed by atoms with Gasteiger partial charge >= 0.3 is 0 Å². The molecule has 4 N–H and O–H groups in total. The minimum atomic E-state index is -0.584. The third kappa shape index (κ3) is 2.34. The lowest BCUT2D eigenvalue weighted by Gasteiger charge is -2.13. The summed E-state index contributed by atoms with van der Waals surface area (Å²) in [6, 6.07) is 4.57. The largest absolute Gasteiger partial charge is 0.383 e. The van der Waals surface area contributed by atoms with E-state index < -0.39 is 10.9 Å². The average Bonchev–Trinajstić information content (AvgIpc) is 2.43. The molecule has 5 nitrogen and oxygen atoms in total. The van der Waals surface area contributed by atoms with Crippen LogP contribution in [0.2, 0.25) is 0 Å². The Morgan fingerprint density at radius 2 is 1.89 bits per heavy atom. The van der Waals surface area contributed by atoms with Crippen LogP contribution in [0.3, 0.4) is 0 Å². The molecular formula is C13H14FN3O2. The number of nitrogens with one attached hydrogen (secondary N) is 2. The molecule has 0 atom stereocenters. The Bertz CT molecular complexity index is 675. The van der Waals surface area contributed by atoms with Gasteiger partial charge in [0.25, 0.3) is 10.9 Å². The zero-order valence-corrected chi connectivity index (χ0v) is 10.4. The summed E-state index contributed by atoms with van der Waals surface area (Å²) in [5.74, 6) is -0.380. The third-order valence-corrected chi connectivity index (χ3v) is 2.96. The Kier molecular flexibility index (Phi) is 3.62. The van der Waals surface area contributed by atoms with E-state index in [0.29, 0.717) is 12.1 Å². The Labute approximate surface area is 108 Å².